The van der Waals surface area contributed by atoms with Crippen LogP contribution in [-0.2, 0) is 0 Å². The summed E-state index contributed by atoms with van der Waals surface area (Å²) < 4.78 is 6.37. The van der Waals surface area contributed by atoms with Crippen molar-refractivity contribution in [2.75, 3.05) is 9.80 Å². The van der Waals surface area contributed by atoms with Crippen molar-refractivity contribution in [1.29, 1.82) is 0 Å². The summed E-state index contributed by atoms with van der Waals surface area (Å²) in [6.07, 6.45) is 0. The van der Waals surface area contributed by atoms with Gasteiger partial charge >= 0.3 is 0 Å². The Morgan fingerprint density at radius 3 is 1.22 bits per heavy atom. The number of para-hydroxylation sites is 3. The molecule has 0 aliphatic carbocycles. The van der Waals surface area contributed by atoms with E-state index in [1.54, 1.807) is 0 Å². The number of benzene rings is 11. The summed E-state index contributed by atoms with van der Waals surface area (Å²) in [6.45, 7) is 0. The third-order valence-corrected chi connectivity index (χ3v) is 12.6. The number of furan rings is 1. The van der Waals surface area contributed by atoms with Gasteiger partial charge in [0.1, 0.15) is 11.2 Å². The van der Waals surface area contributed by atoms with Gasteiger partial charge in [-0.2, -0.15) is 0 Å². The Kier molecular flexibility index (Phi) is 9.50. The van der Waals surface area contributed by atoms with Gasteiger partial charge in [0, 0.05) is 44.9 Å². The van der Waals surface area contributed by atoms with E-state index in [0.29, 0.717) is 0 Å². The predicted molar refractivity (Wildman–Crippen MR) is 274 cm³/mol. The van der Waals surface area contributed by atoms with Crippen molar-refractivity contribution in [3.8, 4) is 33.4 Å². The van der Waals surface area contributed by atoms with Crippen molar-refractivity contribution < 1.29 is 4.42 Å². The fourth-order valence-electron chi connectivity index (χ4n) is 9.40. The molecule has 0 radical (unpaired) electrons. The second-order valence-corrected chi connectivity index (χ2v) is 16.6. The molecule has 0 unspecified atom stereocenters. The maximum Gasteiger partial charge on any atom is 0.136 e. The maximum absolute atomic E-state index is 6.37. The highest BCUT2D eigenvalue weighted by molar-refractivity contribution is 6.16. The van der Waals surface area contributed by atoms with Crippen LogP contribution in [-0.4, -0.2) is 0 Å². The summed E-state index contributed by atoms with van der Waals surface area (Å²) in [6, 6.07) is 91.5. The number of hydrogen-bond donors (Lipinski definition) is 0. The standard InChI is InChI=1S/C62H42N2O/c1-5-15-43(16-6-1)45-27-32-53(33-28-45)63(51-19-9-3-10-20-51)55-38-50(39-56(41-55)64(52-21-11-4-12-22-52)54-34-29-46(30-35-54)44-17-7-2-8-18-44)47-31-36-57-48(37-47)25-26-49-40-60-58-23-13-14-24-61(58)65-62(60)42-59(49)57/h1-42H. The van der Waals surface area contributed by atoms with Crippen LogP contribution in [0.1, 0.15) is 0 Å². The Labute approximate surface area is 378 Å². The van der Waals surface area contributed by atoms with Gasteiger partial charge in [0.05, 0.1) is 0 Å². The van der Waals surface area contributed by atoms with Crippen LogP contribution in [0.15, 0.2) is 259 Å². The molecule has 12 rings (SSSR count). The number of anilines is 6. The molecule has 1 heterocycles. The lowest BCUT2D eigenvalue weighted by atomic mass is 9.95. The number of fused-ring (bicyclic) bond motifs is 6. The van der Waals surface area contributed by atoms with Crippen LogP contribution in [0.4, 0.5) is 34.1 Å². The van der Waals surface area contributed by atoms with Crippen molar-refractivity contribution in [3.63, 3.8) is 0 Å². The second-order valence-electron chi connectivity index (χ2n) is 16.6. The normalized spacial score (nSPS) is 11.4. The molecule has 3 nitrogen and oxygen atoms in total. The minimum atomic E-state index is 0.906. The molecule has 0 atom stereocenters. The summed E-state index contributed by atoms with van der Waals surface area (Å²) in [7, 11) is 0. The molecule has 0 amide bonds. The van der Waals surface area contributed by atoms with Crippen molar-refractivity contribution in [2.24, 2.45) is 0 Å². The van der Waals surface area contributed by atoms with Crippen molar-refractivity contribution in [1.82, 2.24) is 0 Å². The molecule has 0 spiro atoms. The fourth-order valence-corrected chi connectivity index (χ4v) is 9.40. The van der Waals surface area contributed by atoms with Gasteiger partial charge < -0.3 is 14.2 Å². The summed E-state index contributed by atoms with van der Waals surface area (Å²) in [4.78, 5) is 4.74. The SMILES string of the molecule is c1ccc(-c2ccc(N(c3ccccc3)c3cc(-c4ccc5c(ccc6cc7c(cc65)oc5ccccc57)c4)cc(N(c4ccccc4)c4ccc(-c5ccccc5)cc4)c3)cc2)cc1. The van der Waals surface area contributed by atoms with Crippen molar-refractivity contribution >= 4 is 77.6 Å². The average Bonchev–Trinajstić information content (AvgIpc) is 3.75. The molecule has 1 aromatic heterocycles. The minimum absolute atomic E-state index is 0.906. The molecule has 0 aliphatic rings. The summed E-state index contributed by atoms with van der Waals surface area (Å²) in [5.74, 6) is 0. The molecule has 0 saturated heterocycles. The van der Waals surface area contributed by atoms with Crippen LogP contribution >= 0.6 is 0 Å². The Hall–Kier alpha value is -8.66. The molecule has 3 heteroatoms. The highest BCUT2D eigenvalue weighted by atomic mass is 16.3. The maximum atomic E-state index is 6.37. The van der Waals surface area contributed by atoms with Crippen molar-refractivity contribution in [3.05, 3.63) is 255 Å². The van der Waals surface area contributed by atoms with E-state index in [4.69, 9.17) is 4.42 Å². The van der Waals surface area contributed by atoms with E-state index in [0.717, 1.165) is 67.2 Å². The molecule has 0 fully saturated rings. The quantitative estimate of drug-likeness (QED) is 0.135. The Morgan fingerprint density at radius 1 is 0.215 bits per heavy atom. The lowest BCUT2D eigenvalue weighted by Gasteiger charge is -2.30. The summed E-state index contributed by atoms with van der Waals surface area (Å²) in [5, 5.41) is 7.03. The van der Waals surface area contributed by atoms with Gasteiger partial charge in [-0.3, -0.25) is 0 Å². The van der Waals surface area contributed by atoms with E-state index in [-0.39, 0.29) is 0 Å². The summed E-state index contributed by atoms with van der Waals surface area (Å²) in [5.41, 5.74) is 15.2. The monoisotopic (exact) mass is 830 g/mol. The first-order valence-electron chi connectivity index (χ1n) is 22.1. The molecule has 0 N–H and O–H groups in total. The van der Waals surface area contributed by atoms with Crippen LogP contribution in [0, 0.1) is 0 Å². The Balaban J connectivity index is 1.05. The molecular formula is C62H42N2O. The Morgan fingerprint density at radius 2 is 0.662 bits per heavy atom. The van der Waals surface area contributed by atoms with Gasteiger partial charge in [-0.1, -0.05) is 164 Å². The first kappa shape index (κ1) is 38.0. The molecule has 11 aromatic carbocycles. The molecule has 12 aromatic rings. The molecule has 65 heavy (non-hydrogen) atoms. The van der Waals surface area contributed by atoms with Gasteiger partial charge in [0.15, 0.2) is 0 Å². The zero-order valence-corrected chi connectivity index (χ0v) is 35.6. The Bertz CT molecular complexity index is 3480. The summed E-state index contributed by atoms with van der Waals surface area (Å²) >= 11 is 0. The van der Waals surface area contributed by atoms with Gasteiger partial charge in [-0.05, 0) is 146 Å². The van der Waals surface area contributed by atoms with Crippen molar-refractivity contribution in [2.45, 2.75) is 0 Å². The largest absolute Gasteiger partial charge is 0.456 e. The number of nitrogens with zero attached hydrogens (tertiary/aromatic N) is 2. The zero-order chi connectivity index (χ0) is 43.1. The second kappa shape index (κ2) is 16.2. The minimum Gasteiger partial charge on any atom is -0.456 e. The van der Waals surface area contributed by atoms with E-state index in [9.17, 15) is 0 Å². The zero-order valence-electron chi connectivity index (χ0n) is 35.6. The van der Waals surface area contributed by atoms with E-state index in [2.05, 4.69) is 252 Å². The van der Waals surface area contributed by atoms with E-state index < -0.39 is 0 Å². The molecule has 0 bridgehead atoms. The number of rotatable bonds is 9. The molecule has 306 valence electrons. The van der Waals surface area contributed by atoms with E-state index in [1.807, 2.05) is 12.1 Å². The number of hydrogen-bond acceptors (Lipinski definition) is 3. The van der Waals surface area contributed by atoms with E-state index in [1.165, 1.54) is 43.8 Å². The van der Waals surface area contributed by atoms with Crippen LogP contribution in [0.2, 0.25) is 0 Å². The lowest BCUT2D eigenvalue weighted by molar-refractivity contribution is 0.669. The van der Waals surface area contributed by atoms with Crippen LogP contribution in [0.5, 0.6) is 0 Å². The van der Waals surface area contributed by atoms with Crippen LogP contribution in [0.3, 0.4) is 0 Å². The first-order valence-corrected chi connectivity index (χ1v) is 22.1. The topological polar surface area (TPSA) is 19.6 Å². The third kappa shape index (κ3) is 7.16. The lowest BCUT2D eigenvalue weighted by Crippen LogP contribution is -2.13. The van der Waals surface area contributed by atoms with Gasteiger partial charge in [-0.25, -0.2) is 0 Å². The third-order valence-electron chi connectivity index (χ3n) is 12.6. The van der Waals surface area contributed by atoms with Gasteiger partial charge in [0.2, 0.25) is 0 Å². The molecule has 0 saturated carbocycles. The van der Waals surface area contributed by atoms with E-state index >= 15 is 0 Å². The first-order chi connectivity index (χ1) is 32.2. The van der Waals surface area contributed by atoms with Crippen LogP contribution in [0.25, 0.3) is 76.9 Å². The van der Waals surface area contributed by atoms with Gasteiger partial charge in [0.25, 0.3) is 0 Å². The van der Waals surface area contributed by atoms with Crippen LogP contribution < -0.4 is 9.80 Å². The predicted octanol–water partition coefficient (Wildman–Crippen LogP) is 17.8. The fraction of sp³-hybridized carbons (Fsp3) is 0. The molecular weight excluding hydrogens is 789 g/mol. The highest BCUT2D eigenvalue weighted by Crippen LogP contribution is 2.45. The molecule has 0 aliphatic heterocycles. The average molecular weight is 831 g/mol. The smallest absolute Gasteiger partial charge is 0.136 e. The van der Waals surface area contributed by atoms with Gasteiger partial charge in [-0.15, -0.1) is 0 Å². The highest BCUT2D eigenvalue weighted by Gasteiger charge is 2.20.